The summed E-state index contributed by atoms with van der Waals surface area (Å²) in [5.74, 6) is 0. The van der Waals surface area contributed by atoms with Crippen LogP contribution in [-0.2, 0) is 12.8 Å². The van der Waals surface area contributed by atoms with Gasteiger partial charge in [0.25, 0.3) is 0 Å². The maximum atomic E-state index is 3.73. The van der Waals surface area contributed by atoms with Gasteiger partial charge in [0.2, 0.25) is 0 Å². The number of aryl methyl sites for hydroxylation is 1. The van der Waals surface area contributed by atoms with Crippen molar-refractivity contribution in [3.8, 4) is 0 Å². The first-order valence-electron chi connectivity index (χ1n) is 9.11. The van der Waals surface area contributed by atoms with E-state index >= 15 is 0 Å². The van der Waals surface area contributed by atoms with Crippen LogP contribution in [0.1, 0.15) is 28.4 Å². The van der Waals surface area contributed by atoms with Crippen LogP contribution in [0.15, 0.2) is 60.7 Å². The number of H-pyrrole nitrogens is 1. The van der Waals surface area contributed by atoms with Gasteiger partial charge < -0.3 is 10.3 Å². The highest BCUT2D eigenvalue weighted by atomic mass is 35.5. The summed E-state index contributed by atoms with van der Waals surface area (Å²) in [7, 11) is 0. The molecule has 1 atom stereocenters. The topological polar surface area (TPSA) is 27.8 Å². The molecule has 132 valence electrons. The normalized spacial score (nSPS) is 16.4. The number of rotatable bonds is 2. The largest absolute Gasteiger partial charge is 0.357 e. The van der Waals surface area contributed by atoms with E-state index in [1.54, 1.807) is 0 Å². The first-order chi connectivity index (χ1) is 12.3. The molecule has 26 heavy (non-hydrogen) atoms. The predicted octanol–water partition coefficient (Wildman–Crippen LogP) is 5.48. The molecule has 0 saturated carbocycles. The Labute approximate surface area is 160 Å². The number of nitrogens with one attached hydrogen (secondary N) is 2. The third-order valence-electron chi connectivity index (χ3n) is 5.51. The van der Waals surface area contributed by atoms with Gasteiger partial charge in [-0.15, -0.1) is 12.4 Å². The van der Waals surface area contributed by atoms with Crippen molar-refractivity contribution in [3.05, 3.63) is 83.0 Å². The van der Waals surface area contributed by atoms with Crippen molar-refractivity contribution in [3.63, 3.8) is 0 Å². The molecule has 1 aliphatic heterocycles. The SMILES string of the molecule is Cc1ccc2[nH]c3c(c2c1)CCN[C@H]3Cc1cccc2ccccc12.Cl. The molecule has 0 aliphatic carbocycles. The highest BCUT2D eigenvalue weighted by Crippen LogP contribution is 2.33. The number of benzene rings is 3. The maximum absolute atomic E-state index is 3.73. The maximum Gasteiger partial charge on any atom is 0.0517 e. The van der Waals surface area contributed by atoms with E-state index in [4.69, 9.17) is 0 Å². The molecule has 2 nitrogen and oxygen atoms in total. The fraction of sp³-hybridized carbons (Fsp3) is 0.217. The van der Waals surface area contributed by atoms with Gasteiger partial charge >= 0.3 is 0 Å². The van der Waals surface area contributed by atoms with E-state index in [1.807, 2.05) is 0 Å². The minimum atomic E-state index is 0. The number of aromatic amines is 1. The van der Waals surface area contributed by atoms with E-state index in [0.717, 1.165) is 19.4 Å². The molecule has 1 aromatic heterocycles. The Morgan fingerprint density at radius 1 is 0.962 bits per heavy atom. The van der Waals surface area contributed by atoms with Crippen molar-refractivity contribution >= 4 is 34.1 Å². The Morgan fingerprint density at radius 2 is 1.81 bits per heavy atom. The Balaban J connectivity index is 0.00000168. The van der Waals surface area contributed by atoms with E-state index in [-0.39, 0.29) is 12.4 Å². The molecule has 0 unspecified atom stereocenters. The van der Waals surface area contributed by atoms with Crippen LogP contribution in [0.5, 0.6) is 0 Å². The van der Waals surface area contributed by atoms with Gasteiger partial charge in [0.1, 0.15) is 0 Å². The third-order valence-corrected chi connectivity index (χ3v) is 5.51. The monoisotopic (exact) mass is 362 g/mol. The molecule has 2 heterocycles. The van der Waals surface area contributed by atoms with Gasteiger partial charge in [0.05, 0.1) is 6.04 Å². The van der Waals surface area contributed by atoms with E-state index in [0.29, 0.717) is 6.04 Å². The molecular weight excluding hydrogens is 340 g/mol. The lowest BCUT2D eigenvalue weighted by atomic mass is 9.92. The van der Waals surface area contributed by atoms with Gasteiger partial charge in [0.15, 0.2) is 0 Å². The molecule has 5 rings (SSSR count). The number of hydrogen-bond acceptors (Lipinski definition) is 1. The quantitative estimate of drug-likeness (QED) is 0.485. The molecule has 0 amide bonds. The lowest BCUT2D eigenvalue weighted by molar-refractivity contribution is 0.496. The molecule has 0 radical (unpaired) electrons. The molecule has 1 aliphatic rings. The van der Waals surface area contributed by atoms with Gasteiger partial charge in [-0.3, -0.25) is 0 Å². The lowest BCUT2D eigenvalue weighted by Gasteiger charge is -2.25. The van der Waals surface area contributed by atoms with Crippen LogP contribution < -0.4 is 5.32 Å². The zero-order chi connectivity index (χ0) is 16.8. The van der Waals surface area contributed by atoms with Crippen LogP contribution >= 0.6 is 12.4 Å². The zero-order valence-electron chi connectivity index (χ0n) is 14.9. The molecule has 0 saturated heterocycles. The summed E-state index contributed by atoms with van der Waals surface area (Å²) in [6.45, 7) is 3.22. The van der Waals surface area contributed by atoms with Gasteiger partial charge in [-0.2, -0.15) is 0 Å². The first-order valence-corrected chi connectivity index (χ1v) is 9.11. The molecule has 0 spiro atoms. The fourth-order valence-electron chi connectivity index (χ4n) is 4.29. The molecule has 2 N–H and O–H groups in total. The summed E-state index contributed by atoms with van der Waals surface area (Å²) < 4.78 is 0. The Morgan fingerprint density at radius 3 is 2.73 bits per heavy atom. The van der Waals surface area contributed by atoms with Crippen LogP contribution in [0.25, 0.3) is 21.7 Å². The smallest absolute Gasteiger partial charge is 0.0517 e. The molecule has 4 aromatic rings. The summed E-state index contributed by atoms with van der Waals surface area (Å²) in [4.78, 5) is 3.70. The molecule has 0 bridgehead atoms. The molecular formula is C23H23ClN2. The minimum absolute atomic E-state index is 0. The summed E-state index contributed by atoms with van der Waals surface area (Å²) in [6, 6.07) is 22.4. The number of halogens is 1. The highest BCUT2D eigenvalue weighted by Gasteiger charge is 2.24. The van der Waals surface area contributed by atoms with Crippen molar-refractivity contribution in [1.82, 2.24) is 10.3 Å². The minimum Gasteiger partial charge on any atom is -0.357 e. The van der Waals surface area contributed by atoms with Crippen LogP contribution in [-0.4, -0.2) is 11.5 Å². The average Bonchev–Trinajstić information content (AvgIpc) is 3.01. The second kappa shape index (κ2) is 6.79. The average molecular weight is 363 g/mol. The second-order valence-electron chi connectivity index (χ2n) is 7.17. The number of hydrogen-bond donors (Lipinski definition) is 2. The predicted molar refractivity (Wildman–Crippen MR) is 112 cm³/mol. The Kier molecular flexibility index (Phi) is 4.47. The first kappa shape index (κ1) is 17.1. The molecule has 3 aromatic carbocycles. The van der Waals surface area contributed by atoms with Gasteiger partial charge in [-0.05, 0) is 60.3 Å². The van der Waals surface area contributed by atoms with Gasteiger partial charge in [-0.25, -0.2) is 0 Å². The van der Waals surface area contributed by atoms with E-state index in [2.05, 4.69) is 77.9 Å². The third kappa shape index (κ3) is 2.80. The van der Waals surface area contributed by atoms with Crippen LogP contribution in [0, 0.1) is 6.92 Å². The van der Waals surface area contributed by atoms with E-state index < -0.39 is 0 Å². The zero-order valence-corrected chi connectivity index (χ0v) is 15.7. The molecule has 0 fully saturated rings. The van der Waals surface area contributed by atoms with E-state index in [9.17, 15) is 0 Å². The van der Waals surface area contributed by atoms with Crippen molar-refractivity contribution in [2.75, 3.05) is 6.54 Å². The summed E-state index contributed by atoms with van der Waals surface area (Å²) in [6.07, 6.45) is 2.12. The lowest BCUT2D eigenvalue weighted by Crippen LogP contribution is -2.31. The van der Waals surface area contributed by atoms with Crippen LogP contribution in [0.4, 0.5) is 0 Å². The van der Waals surface area contributed by atoms with Crippen molar-refractivity contribution in [2.24, 2.45) is 0 Å². The second-order valence-corrected chi connectivity index (χ2v) is 7.17. The van der Waals surface area contributed by atoms with Gasteiger partial charge in [-0.1, -0.05) is 54.1 Å². The standard InChI is InChI=1S/C23H22N2.ClH/c1-15-9-10-21-20(13-15)19-11-12-24-22(23(19)25-21)14-17-7-4-6-16-5-2-3-8-18(16)17;/h2-10,13,22,24-25H,11-12,14H2,1H3;1H/t22-;/m0./s1. The fourth-order valence-corrected chi connectivity index (χ4v) is 4.29. The van der Waals surface area contributed by atoms with Crippen molar-refractivity contribution in [2.45, 2.75) is 25.8 Å². The highest BCUT2D eigenvalue weighted by molar-refractivity contribution is 5.87. The number of fused-ring (bicyclic) bond motifs is 4. The summed E-state index contributed by atoms with van der Waals surface area (Å²) in [5.41, 5.74) is 6.89. The van der Waals surface area contributed by atoms with Crippen LogP contribution in [0.2, 0.25) is 0 Å². The van der Waals surface area contributed by atoms with E-state index in [1.165, 1.54) is 44.1 Å². The van der Waals surface area contributed by atoms with Crippen molar-refractivity contribution < 1.29 is 0 Å². The van der Waals surface area contributed by atoms with Gasteiger partial charge in [0, 0.05) is 16.6 Å². The van der Waals surface area contributed by atoms with Crippen molar-refractivity contribution in [1.29, 1.82) is 0 Å². The summed E-state index contributed by atoms with van der Waals surface area (Å²) in [5, 5.41) is 7.82. The summed E-state index contributed by atoms with van der Waals surface area (Å²) >= 11 is 0. The van der Waals surface area contributed by atoms with Crippen LogP contribution in [0.3, 0.4) is 0 Å². The Bertz CT molecular complexity index is 1070. The molecule has 3 heteroatoms. The Hall–Kier alpha value is -2.29. The number of aromatic nitrogens is 1.